The summed E-state index contributed by atoms with van der Waals surface area (Å²) in [6.45, 7) is 10.6. The highest BCUT2D eigenvalue weighted by molar-refractivity contribution is 7.90. The van der Waals surface area contributed by atoms with Crippen LogP contribution in [-0.2, 0) is 22.0 Å². The highest BCUT2D eigenvalue weighted by atomic mass is 32.2. The number of sulfone groups is 1. The molecule has 1 spiro atoms. The summed E-state index contributed by atoms with van der Waals surface area (Å²) in [7, 11) is -3.28. The molecule has 2 aliphatic rings. The third-order valence-electron chi connectivity index (χ3n) is 7.22. The maximum Gasteiger partial charge on any atom is 0.154 e. The Morgan fingerprint density at radius 3 is 2.50 bits per heavy atom. The fourth-order valence-electron chi connectivity index (χ4n) is 5.10. The molecule has 0 bridgehead atoms. The van der Waals surface area contributed by atoms with E-state index in [1.807, 2.05) is 18.2 Å². The molecule has 0 saturated carbocycles. The van der Waals surface area contributed by atoms with Crippen molar-refractivity contribution in [2.75, 3.05) is 25.4 Å². The molecule has 6 nitrogen and oxygen atoms in total. The Labute approximate surface area is 204 Å². The molecule has 0 unspecified atom stereocenters. The Kier molecular flexibility index (Phi) is 7.09. The first kappa shape index (κ1) is 25.1. The second-order valence-electron chi connectivity index (χ2n) is 11.2. The Morgan fingerprint density at radius 1 is 1.15 bits per heavy atom. The van der Waals surface area contributed by atoms with Crippen LogP contribution < -0.4 is 4.74 Å². The lowest BCUT2D eigenvalue weighted by molar-refractivity contribution is -0.0355. The molecule has 1 saturated heterocycles. The van der Waals surface area contributed by atoms with Crippen LogP contribution in [0.5, 0.6) is 5.75 Å². The lowest BCUT2D eigenvalue weighted by atomic mass is 9.81. The molecule has 1 atom stereocenters. The van der Waals surface area contributed by atoms with Gasteiger partial charge in [-0.1, -0.05) is 13.0 Å². The summed E-state index contributed by atoms with van der Waals surface area (Å²) in [6, 6.07) is 9.99. The number of nitrogens with zero attached hydrogens (tertiary/aromatic N) is 2. The number of piperidine rings is 1. The number of benzene rings is 1. The number of aryl methyl sites for hydroxylation is 1. The largest absolute Gasteiger partial charge is 0.487 e. The van der Waals surface area contributed by atoms with E-state index in [0.717, 1.165) is 55.8 Å². The molecule has 1 fully saturated rings. The van der Waals surface area contributed by atoms with Gasteiger partial charge in [-0.2, -0.15) is 0 Å². The van der Waals surface area contributed by atoms with Gasteiger partial charge in [-0.15, -0.1) is 0 Å². The van der Waals surface area contributed by atoms with Crippen molar-refractivity contribution < 1.29 is 18.3 Å². The van der Waals surface area contributed by atoms with E-state index in [1.165, 1.54) is 5.56 Å². The predicted octanol–water partition coefficient (Wildman–Crippen LogP) is 4.25. The molecular formula is C27H38N2O4S. The van der Waals surface area contributed by atoms with E-state index in [9.17, 15) is 8.42 Å². The van der Waals surface area contributed by atoms with Crippen LogP contribution in [0.2, 0.25) is 0 Å². The molecule has 2 aliphatic heterocycles. The topological polar surface area (TPSA) is 79.7 Å². The maximum absolute atomic E-state index is 12.3. The normalized spacial score (nSPS) is 19.4. The first-order chi connectivity index (χ1) is 16.0. The Morgan fingerprint density at radius 2 is 1.88 bits per heavy atom. The number of likely N-dealkylation sites (tertiary alicyclic amines) is 1. The average molecular weight is 487 g/mol. The van der Waals surface area contributed by atoms with Crippen molar-refractivity contribution in [2.45, 2.75) is 70.3 Å². The molecule has 0 amide bonds. The quantitative estimate of drug-likeness (QED) is 0.658. The Hall–Kier alpha value is -1.96. The van der Waals surface area contributed by atoms with E-state index in [2.05, 4.69) is 42.8 Å². The van der Waals surface area contributed by atoms with E-state index in [1.54, 1.807) is 13.1 Å². The van der Waals surface area contributed by atoms with E-state index in [4.69, 9.17) is 9.84 Å². The lowest BCUT2D eigenvalue weighted by Crippen LogP contribution is -2.54. The van der Waals surface area contributed by atoms with Crippen LogP contribution in [0, 0.1) is 5.92 Å². The second-order valence-corrected chi connectivity index (χ2v) is 13.3. The number of hydrogen-bond acceptors (Lipinski definition) is 6. The molecule has 4 rings (SSSR count). The highest BCUT2D eigenvalue weighted by Crippen LogP contribution is 2.41. The first-order valence-electron chi connectivity index (χ1n) is 12.3. The van der Waals surface area contributed by atoms with Gasteiger partial charge in [-0.05, 0) is 87.8 Å². The van der Waals surface area contributed by atoms with Gasteiger partial charge >= 0.3 is 0 Å². The number of aliphatic hydroxyl groups is 1. The number of aliphatic hydroxyl groups excluding tert-OH is 1. The summed E-state index contributed by atoms with van der Waals surface area (Å²) >= 11 is 0. The van der Waals surface area contributed by atoms with Gasteiger partial charge in [0.1, 0.15) is 11.4 Å². The zero-order valence-electron chi connectivity index (χ0n) is 20.9. The standard InChI is InChI=1S/C27H38N2O4S/c1-20(17-30)18-34(31,32)19-21-5-7-24(28-16-21)22-6-8-25-23(15-22)9-10-27(33-25)11-13-29(14-12-27)26(2,3)4/h5-8,15-16,20,30H,9-14,17-19H2,1-4H3/t20-/m1/s1. The summed E-state index contributed by atoms with van der Waals surface area (Å²) in [6.07, 6.45) is 5.81. The molecule has 1 aromatic carbocycles. The predicted molar refractivity (Wildman–Crippen MR) is 136 cm³/mol. The average Bonchev–Trinajstić information content (AvgIpc) is 2.78. The van der Waals surface area contributed by atoms with Crippen molar-refractivity contribution in [1.82, 2.24) is 9.88 Å². The van der Waals surface area contributed by atoms with Gasteiger partial charge in [0, 0.05) is 37.0 Å². The summed E-state index contributed by atoms with van der Waals surface area (Å²) in [4.78, 5) is 7.09. The molecule has 1 aromatic heterocycles. The van der Waals surface area contributed by atoms with Crippen molar-refractivity contribution in [1.29, 1.82) is 0 Å². The van der Waals surface area contributed by atoms with Gasteiger partial charge in [0.2, 0.25) is 0 Å². The molecule has 2 aromatic rings. The smallest absolute Gasteiger partial charge is 0.154 e. The van der Waals surface area contributed by atoms with Gasteiger partial charge in [0.25, 0.3) is 0 Å². The van der Waals surface area contributed by atoms with Gasteiger partial charge in [0.05, 0.1) is 17.2 Å². The number of hydrogen-bond donors (Lipinski definition) is 1. The van der Waals surface area contributed by atoms with Crippen LogP contribution in [-0.4, -0.2) is 60.0 Å². The second kappa shape index (κ2) is 9.59. The zero-order chi connectivity index (χ0) is 24.6. The first-order valence-corrected chi connectivity index (χ1v) is 14.1. The summed E-state index contributed by atoms with van der Waals surface area (Å²) in [5.41, 5.74) is 3.88. The van der Waals surface area contributed by atoms with Crippen molar-refractivity contribution >= 4 is 9.84 Å². The van der Waals surface area contributed by atoms with E-state index in [-0.39, 0.29) is 35.2 Å². The molecule has 0 aliphatic carbocycles. The van der Waals surface area contributed by atoms with Gasteiger partial charge < -0.3 is 9.84 Å². The molecule has 1 N–H and O–H groups in total. The number of ether oxygens (including phenoxy) is 1. The SMILES string of the molecule is C[C@H](CO)CS(=O)(=O)Cc1ccc(-c2ccc3c(c2)CCC2(CCN(C(C)(C)C)CC2)O3)nc1. The highest BCUT2D eigenvalue weighted by Gasteiger charge is 2.41. The number of fused-ring (bicyclic) bond motifs is 1. The minimum absolute atomic E-state index is 0.0220. The Bertz CT molecular complexity index is 1100. The van der Waals surface area contributed by atoms with Gasteiger partial charge in [0.15, 0.2) is 9.84 Å². The van der Waals surface area contributed by atoms with E-state index >= 15 is 0 Å². The molecule has 186 valence electrons. The van der Waals surface area contributed by atoms with E-state index in [0.29, 0.717) is 5.56 Å². The molecule has 34 heavy (non-hydrogen) atoms. The Balaban J connectivity index is 1.42. The molecular weight excluding hydrogens is 448 g/mol. The van der Waals surface area contributed by atoms with Gasteiger partial charge in [-0.25, -0.2) is 8.42 Å². The van der Waals surface area contributed by atoms with Crippen LogP contribution in [0.15, 0.2) is 36.5 Å². The van der Waals surface area contributed by atoms with Gasteiger partial charge in [-0.3, -0.25) is 9.88 Å². The zero-order valence-corrected chi connectivity index (χ0v) is 21.7. The monoisotopic (exact) mass is 486 g/mol. The van der Waals surface area contributed by atoms with Crippen LogP contribution in [0.25, 0.3) is 11.3 Å². The molecule has 7 heteroatoms. The van der Waals surface area contributed by atoms with Crippen molar-refractivity contribution in [2.24, 2.45) is 5.92 Å². The van der Waals surface area contributed by atoms with Crippen LogP contribution in [0.1, 0.15) is 58.1 Å². The molecule has 3 heterocycles. The molecule has 0 radical (unpaired) electrons. The summed E-state index contributed by atoms with van der Waals surface area (Å²) < 4.78 is 31.2. The van der Waals surface area contributed by atoms with Crippen molar-refractivity contribution in [3.05, 3.63) is 47.7 Å². The summed E-state index contributed by atoms with van der Waals surface area (Å²) in [5.74, 6) is 0.642. The maximum atomic E-state index is 12.3. The van der Waals surface area contributed by atoms with E-state index < -0.39 is 9.84 Å². The number of aromatic nitrogens is 1. The third kappa shape index (κ3) is 5.81. The fraction of sp³-hybridized carbons (Fsp3) is 0.593. The van der Waals surface area contributed by atoms with Crippen molar-refractivity contribution in [3.8, 4) is 17.0 Å². The number of pyridine rings is 1. The van der Waals surface area contributed by atoms with Crippen LogP contribution in [0.4, 0.5) is 0 Å². The minimum atomic E-state index is -3.28. The lowest BCUT2D eigenvalue weighted by Gasteiger charge is -2.48. The minimum Gasteiger partial charge on any atom is -0.487 e. The number of rotatable bonds is 6. The summed E-state index contributed by atoms with van der Waals surface area (Å²) in [5, 5.41) is 9.14. The van der Waals surface area contributed by atoms with Crippen LogP contribution in [0.3, 0.4) is 0 Å². The third-order valence-corrected chi connectivity index (χ3v) is 9.07. The fourth-order valence-corrected chi connectivity index (χ4v) is 6.87. The van der Waals surface area contributed by atoms with Crippen molar-refractivity contribution in [3.63, 3.8) is 0 Å². The van der Waals surface area contributed by atoms with Crippen LogP contribution >= 0.6 is 0 Å².